The van der Waals surface area contributed by atoms with Crippen molar-refractivity contribution in [3.8, 4) is 5.75 Å². The van der Waals surface area contributed by atoms with Gasteiger partial charge in [-0.3, -0.25) is 9.69 Å². The van der Waals surface area contributed by atoms with Gasteiger partial charge in [-0.15, -0.1) is 0 Å². The molecule has 0 unspecified atom stereocenters. The minimum absolute atomic E-state index is 0.210. The molecule has 116 valence electrons. The number of carbonyl (C=O) groups is 1. The van der Waals surface area contributed by atoms with Gasteiger partial charge < -0.3 is 10.1 Å². The number of anilines is 1. The van der Waals surface area contributed by atoms with Crippen molar-refractivity contribution in [3.05, 3.63) is 64.8 Å². The number of carbonyl (C=O) groups excluding carboxylic acids is 1. The summed E-state index contributed by atoms with van der Waals surface area (Å²) in [6.07, 6.45) is 1.74. The van der Waals surface area contributed by atoms with Gasteiger partial charge in [-0.1, -0.05) is 29.8 Å². The number of ether oxygens (including phenoxy) is 1. The van der Waals surface area contributed by atoms with E-state index in [-0.39, 0.29) is 5.91 Å². The maximum atomic E-state index is 12.6. The van der Waals surface area contributed by atoms with E-state index in [2.05, 4.69) is 5.32 Å². The molecule has 1 heterocycles. The average Bonchev–Trinajstić information content (AvgIpc) is 2.83. The van der Waals surface area contributed by atoms with Gasteiger partial charge in [0.05, 0.1) is 12.8 Å². The van der Waals surface area contributed by atoms with E-state index >= 15 is 0 Å². The van der Waals surface area contributed by atoms with E-state index in [0.29, 0.717) is 27.3 Å². The zero-order valence-electron chi connectivity index (χ0n) is 12.2. The maximum Gasteiger partial charge on any atom is 0.281 e. The van der Waals surface area contributed by atoms with Crippen LogP contribution in [0.2, 0.25) is 5.02 Å². The highest BCUT2D eigenvalue weighted by Gasteiger charge is 2.32. The molecular formula is C17H13ClN2O2S. The van der Waals surface area contributed by atoms with Gasteiger partial charge in [-0.05, 0) is 48.1 Å². The monoisotopic (exact) mass is 344 g/mol. The highest BCUT2D eigenvalue weighted by molar-refractivity contribution is 7.80. The summed E-state index contributed by atoms with van der Waals surface area (Å²) >= 11 is 11.2. The fraction of sp³-hybridized carbons (Fsp3) is 0.0588. The van der Waals surface area contributed by atoms with Gasteiger partial charge in [-0.2, -0.15) is 0 Å². The summed E-state index contributed by atoms with van der Waals surface area (Å²) in [7, 11) is 1.58. The van der Waals surface area contributed by atoms with E-state index in [9.17, 15) is 4.79 Å². The summed E-state index contributed by atoms with van der Waals surface area (Å²) in [5.41, 5.74) is 1.94. The normalized spacial score (nSPS) is 15.9. The van der Waals surface area contributed by atoms with Gasteiger partial charge in [0, 0.05) is 11.1 Å². The zero-order chi connectivity index (χ0) is 16.4. The van der Waals surface area contributed by atoms with Crippen molar-refractivity contribution < 1.29 is 9.53 Å². The minimum atomic E-state index is -0.210. The second-order valence-corrected chi connectivity index (χ2v) is 5.70. The van der Waals surface area contributed by atoms with Crippen molar-refractivity contribution in [1.29, 1.82) is 0 Å². The van der Waals surface area contributed by atoms with E-state index in [1.54, 1.807) is 37.5 Å². The van der Waals surface area contributed by atoms with Gasteiger partial charge in [0.25, 0.3) is 5.91 Å². The Bertz CT molecular complexity index is 802. The molecule has 1 aliphatic rings. The Morgan fingerprint density at radius 3 is 2.65 bits per heavy atom. The van der Waals surface area contributed by atoms with Crippen molar-refractivity contribution >= 4 is 46.6 Å². The SMILES string of the molecule is COc1cccc(N2C(=O)C(=Cc3ccc(Cl)cc3)NC2=S)c1. The van der Waals surface area contributed by atoms with Crippen LogP contribution in [0, 0.1) is 0 Å². The van der Waals surface area contributed by atoms with Crippen LogP contribution in [0.3, 0.4) is 0 Å². The number of halogens is 1. The Hall–Kier alpha value is -2.37. The third kappa shape index (κ3) is 3.21. The van der Waals surface area contributed by atoms with Crippen LogP contribution in [-0.2, 0) is 4.79 Å². The third-order valence-electron chi connectivity index (χ3n) is 3.37. The standard InChI is InChI=1S/C17H13ClN2O2S/c1-22-14-4-2-3-13(10-14)20-16(21)15(19-17(20)23)9-11-5-7-12(18)8-6-11/h2-10H,1H3,(H,19,23). The molecule has 1 fully saturated rings. The zero-order valence-corrected chi connectivity index (χ0v) is 13.8. The van der Waals surface area contributed by atoms with Crippen LogP contribution < -0.4 is 15.0 Å². The molecule has 1 saturated heterocycles. The Balaban J connectivity index is 1.91. The lowest BCUT2D eigenvalue weighted by molar-refractivity contribution is -0.113. The van der Waals surface area contributed by atoms with Gasteiger partial charge in [0.1, 0.15) is 11.4 Å². The first kappa shape index (κ1) is 15.5. The van der Waals surface area contributed by atoms with Crippen LogP contribution in [0.25, 0.3) is 6.08 Å². The highest BCUT2D eigenvalue weighted by atomic mass is 35.5. The topological polar surface area (TPSA) is 41.6 Å². The van der Waals surface area contributed by atoms with Crippen molar-refractivity contribution in [2.75, 3.05) is 12.0 Å². The molecule has 1 aliphatic heterocycles. The predicted octanol–water partition coefficient (Wildman–Crippen LogP) is 3.61. The van der Waals surface area contributed by atoms with Crippen LogP contribution in [0.4, 0.5) is 5.69 Å². The molecule has 3 rings (SSSR count). The van der Waals surface area contributed by atoms with E-state index in [1.165, 1.54) is 4.90 Å². The smallest absolute Gasteiger partial charge is 0.281 e. The van der Waals surface area contributed by atoms with Gasteiger partial charge in [0.15, 0.2) is 5.11 Å². The molecule has 0 spiro atoms. The Morgan fingerprint density at radius 1 is 1.22 bits per heavy atom. The van der Waals surface area contributed by atoms with Crippen LogP contribution in [0.5, 0.6) is 5.75 Å². The van der Waals surface area contributed by atoms with E-state index in [4.69, 9.17) is 28.6 Å². The number of hydrogen-bond acceptors (Lipinski definition) is 3. The third-order valence-corrected chi connectivity index (χ3v) is 3.91. The molecular weight excluding hydrogens is 332 g/mol. The number of methoxy groups -OCH3 is 1. The summed E-state index contributed by atoms with van der Waals surface area (Å²) in [5, 5.41) is 3.93. The van der Waals surface area contributed by atoms with E-state index < -0.39 is 0 Å². The maximum absolute atomic E-state index is 12.6. The van der Waals surface area contributed by atoms with E-state index in [1.807, 2.05) is 24.3 Å². The van der Waals surface area contributed by atoms with Crippen molar-refractivity contribution in [3.63, 3.8) is 0 Å². The Morgan fingerprint density at radius 2 is 1.96 bits per heavy atom. The predicted molar refractivity (Wildman–Crippen MR) is 95.6 cm³/mol. The summed E-state index contributed by atoms with van der Waals surface area (Å²) in [4.78, 5) is 14.1. The number of thiocarbonyl (C=S) groups is 1. The lowest BCUT2D eigenvalue weighted by Gasteiger charge is -2.14. The molecule has 1 N–H and O–H groups in total. The quantitative estimate of drug-likeness (QED) is 0.682. The Kier molecular flexibility index (Phi) is 4.32. The van der Waals surface area contributed by atoms with Crippen LogP contribution in [-0.4, -0.2) is 18.1 Å². The number of hydrogen-bond donors (Lipinski definition) is 1. The lowest BCUT2D eigenvalue weighted by Crippen LogP contribution is -2.30. The molecule has 0 radical (unpaired) electrons. The summed E-state index contributed by atoms with van der Waals surface area (Å²) in [6, 6.07) is 14.4. The van der Waals surface area contributed by atoms with Gasteiger partial charge in [-0.25, -0.2) is 0 Å². The first-order valence-electron chi connectivity index (χ1n) is 6.85. The molecule has 0 saturated carbocycles. The fourth-order valence-electron chi connectivity index (χ4n) is 2.24. The van der Waals surface area contributed by atoms with Crippen LogP contribution in [0.1, 0.15) is 5.56 Å². The molecule has 2 aromatic rings. The number of nitrogens with zero attached hydrogens (tertiary/aromatic N) is 1. The molecule has 6 heteroatoms. The molecule has 4 nitrogen and oxygen atoms in total. The van der Waals surface area contributed by atoms with Crippen molar-refractivity contribution in [1.82, 2.24) is 5.32 Å². The molecule has 2 aromatic carbocycles. The highest BCUT2D eigenvalue weighted by Crippen LogP contribution is 2.26. The van der Waals surface area contributed by atoms with Gasteiger partial charge >= 0.3 is 0 Å². The average molecular weight is 345 g/mol. The number of amides is 1. The second-order valence-electron chi connectivity index (χ2n) is 4.88. The molecule has 1 amide bonds. The molecule has 0 atom stereocenters. The lowest BCUT2D eigenvalue weighted by atomic mass is 10.2. The number of nitrogens with one attached hydrogen (secondary N) is 1. The number of benzene rings is 2. The first-order valence-corrected chi connectivity index (χ1v) is 7.64. The fourth-order valence-corrected chi connectivity index (χ4v) is 2.67. The molecule has 23 heavy (non-hydrogen) atoms. The molecule has 0 aromatic heterocycles. The Labute approximate surface area is 144 Å². The van der Waals surface area contributed by atoms with Crippen LogP contribution in [0.15, 0.2) is 54.2 Å². The van der Waals surface area contributed by atoms with Crippen LogP contribution >= 0.6 is 23.8 Å². The molecule has 0 bridgehead atoms. The molecule has 0 aliphatic carbocycles. The largest absolute Gasteiger partial charge is 0.497 e. The summed E-state index contributed by atoms with van der Waals surface area (Å²) in [5.74, 6) is 0.450. The summed E-state index contributed by atoms with van der Waals surface area (Å²) < 4.78 is 5.19. The van der Waals surface area contributed by atoms with Crippen molar-refractivity contribution in [2.24, 2.45) is 0 Å². The van der Waals surface area contributed by atoms with E-state index in [0.717, 1.165) is 5.56 Å². The first-order chi connectivity index (χ1) is 11.1. The summed E-state index contributed by atoms with van der Waals surface area (Å²) in [6.45, 7) is 0. The van der Waals surface area contributed by atoms with Gasteiger partial charge in [0.2, 0.25) is 0 Å². The second kappa shape index (κ2) is 6.40. The van der Waals surface area contributed by atoms with Crippen molar-refractivity contribution in [2.45, 2.75) is 0 Å². The minimum Gasteiger partial charge on any atom is -0.497 e. The number of rotatable bonds is 3.